The van der Waals surface area contributed by atoms with Gasteiger partial charge in [-0.2, -0.15) is 0 Å². The third kappa shape index (κ3) is 2.95. The number of nitrogens with zero attached hydrogens (tertiary/aromatic N) is 1. The first-order valence-electron chi connectivity index (χ1n) is 5.09. The van der Waals surface area contributed by atoms with Crippen LogP contribution in [0.3, 0.4) is 0 Å². The van der Waals surface area contributed by atoms with Crippen LogP contribution in [-0.2, 0) is 9.53 Å². The number of halogens is 1. The monoisotopic (exact) mass is 263 g/mol. The summed E-state index contributed by atoms with van der Waals surface area (Å²) in [6, 6.07) is 0. The van der Waals surface area contributed by atoms with E-state index in [0.29, 0.717) is 5.92 Å². The van der Waals surface area contributed by atoms with Crippen LogP contribution in [0.4, 0.5) is 0 Å². The van der Waals surface area contributed by atoms with Crippen molar-refractivity contribution in [2.24, 2.45) is 5.92 Å². The lowest BCUT2D eigenvalue weighted by Crippen LogP contribution is -2.39. The minimum absolute atomic E-state index is 0.135. The quantitative estimate of drug-likeness (QED) is 0.723. The van der Waals surface area contributed by atoms with Gasteiger partial charge in [-0.15, -0.1) is 0 Å². The van der Waals surface area contributed by atoms with Gasteiger partial charge in [0.25, 0.3) is 5.91 Å². The lowest BCUT2D eigenvalue weighted by atomic mass is 10.0. The molecule has 0 aromatic heterocycles. The predicted molar refractivity (Wildman–Crippen MR) is 59.6 cm³/mol. The number of rotatable bonds is 4. The molecule has 0 N–H and O–H groups in total. The van der Waals surface area contributed by atoms with E-state index in [1.54, 1.807) is 4.90 Å². The molecule has 0 saturated carbocycles. The van der Waals surface area contributed by atoms with Crippen molar-refractivity contribution in [3.8, 4) is 0 Å². The normalized spacial score (nSPS) is 26.5. The van der Waals surface area contributed by atoms with Crippen molar-refractivity contribution >= 4 is 21.8 Å². The molecule has 1 aliphatic rings. The Morgan fingerprint density at radius 1 is 1.64 bits per heavy atom. The second-order valence-electron chi connectivity index (χ2n) is 3.86. The number of carbonyl (C=O) groups is 1. The molecular formula is C10H18BrNO2. The predicted octanol–water partition coefficient (Wildman–Crippen LogP) is 1.65. The van der Waals surface area contributed by atoms with Crippen molar-refractivity contribution in [2.75, 3.05) is 25.5 Å². The minimum atomic E-state index is -0.199. The molecule has 2 unspecified atom stereocenters. The largest absolute Gasteiger partial charge is 0.368 e. The highest BCUT2D eigenvalue weighted by atomic mass is 79.9. The average Bonchev–Trinajstić information content (AvgIpc) is 2.59. The van der Waals surface area contributed by atoms with Crippen molar-refractivity contribution in [1.29, 1.82) is 0 Å². The molecule has 0 aromatic rings. The summed E-state index contributed by atoms with van der Waals surface area (Å²) in [4.78, 5) is 13.6. The minimum Gasteiger partial charge on any atom is -0.368 e. The van der Waals surface area contributed by atoms with Crippen molar-refractivity contribution < 1.29 is 9.53 Å². The van der Waals surface area contributed by atoms with Gasteiger partial charge in [0.1, 0.15) is 6.10 Å². The molecule has 1 saturated heterocycles. The summed E-state index contributed by atoms with van der Waals surface area (Å²) in [7, 11) is 1.85. The van der Waals surface area contributed by atoms with Crippen molar-refractivity contribution in [2.45, 2.75) is 25.9 Å². The van der Waals surface area contributed by atoms with E-state index in [1.807, 2.05) is 7.05 Å². The Bertz CT molecular complexity index is 199. The van der Waals surface area contributed by atoms with E-state index < -0.39 is 0 Å². The maximum Gasteiger partial charge on any atom is 0.251 e. The van der Waals surface area contributed by atoms with Gasteiger partial charge < -0.3 is 9.64 Å². The molecule has 1 rings (SSSR count). The second kappa shape index (κ2) is 5.71. The van der Waals surface area contributed by atoms with Gasteiger partial charge in [-0.1, -0.05) is 22.9 Å². The van der Waals surface area contributed by atoms with E-state index in [4.69, 9.17) is 4.74 Å². The Labute approximate surface area is 93.9 Å². The van der Waals surface area contributed by atoms with Crippen LogP contribution < -0.4 is 0 Å². The summed E-state index contributed by atoms with van der Waals surface area (Å²) in [5.74, 6) is 0.505. The molecule has 0 aromatic carbocycles. The Morgan fingerprint density at radius 3 is 2.86 bits per heavy atom. The molecule has 0 radical (unpaired) electrons. The Hall–Kier alpha value is -0.0900. The smallest absolute Gasteiger partial charge is 0.251 e. The van der Waals surface area contributed by atoms with Gasteiger partial charge in [0.05, 0.1) is 0 Å². The van der Waals surface area contributed by atoms with Crippen LogP contribution in [0.2, 0.25) is 0 Å². The molecule has 0 bridgehead atoms. The van der Waals surface area contributed by atoms with Crippen LogP contribution in [-0.4, -0.2) is 42.4 Å². The van der Waals surface area contributed by atoms with Crippen molar-refractivity contribution in [3.05, 3.63) is 0 Å². The van der Waals surface area contributed by atoms with Gasteiger partial charge in [-0.05, 0) is 18.8 Å². The lowest BCUT2D eigenvalue weighted by molar-refractivity contribution is -0.141. The van der Waals surface area contributed by atoms with Crippen LogP contribution in [0.5, 0.6) is 0 Å². The van der Waals surface area contributed by atoms with Crippen LogP contribution in [0.15, 0.2) is 0 Å². The highest BCUT2D eigenvalue weighted by Crippen LogP contribution is 2.21. The first kappa shape index (κ1) is 12.0. The lowest BCUT2D eigenvalue weighted by Gasteiger charge is -2.22. The third-order valence-electron chi connectivity index (χ3n) is 2.63. The number of amides is 1. The SMILES string of the molecule is CC1CCOC1C(=O)N(C)CCCBr. The highest BCUT2D eigenvalue weighted by Gasteiger charge is 2.32. The molecule has 14 heavy (non-hydrogen) atoms. The van der Waals surface area contributed by atoms with Gasteiger partial charge in [-0.25, -0.2) is 0 Å². The molecule has 1 heterocycles. The number of hydrogen-bond donors (Lipinski definition) is 0. The fraction of sp³-hybridized carbons (Fsp3) is 0.900. The van der Waals surface area contributed by atoms with Crippen molar-refractivity contribution in [1.82, 2.24) is 4.90 Å². The average molecular weight is 264 g/mol. The molecule has 0 aliphatic carbocycles. The first-order chi connectivity index (χ1) is 6.66. The molecule has 82 valence electrons. The van der Waals surface area contributed by atoms with Crippen LogP contribution in [0.25, 0.3) is 0 Å². The van der Waals surface area contributed by atoms with E-state index in [-0.39, 0.29) is 12.0 Å². The summed E-state index contributed by atoms with van der Waals surface area (Å²) in [6.45, 7) is 3.61. The molecule has 0 spiro atoms. The van der Waals surface area contributed by atoms with Gasteiger partial charge >= 0.3 is 0 Å². The van der Waals surface area contributed by atoms with Crippen LogP contribution in [0.1, 0.15) is 19.8 Å². The summed E-state index contributed by atoms with van der Waals surface area (Å²) in [5, 5.41) is 0.936. The Morgan fingerprint density at radius 2 is 2.36 bits per heavy atom. The van der Waals surface area contributed by atoms with E-state index in [9.17, 15) is 4.79 Å². The molecule has 1 fully saturated rings. The third-order valence-corrected chi connectivity index (χ3v) is 3.19. The summed E-state index contributed by atoms with van der Waals surface area (Å²) < 4.78 is 5.43. The van der Waals surface area contributed by atoms with Crippen molar-refractivity contribution in [3.63, 3.8) is 0 Å². The zero-order valence-corrected chi connectivity index (χ0v) is 10.4. The number of alkyl halides is 1. The Balaban J connectivity index is 2.39. The van der Waals surface area contributed by atoms with Crippen LogP contribution in [0, 0.1) is 5.92 Å². The zero-order valence-electron chi connectivity index (χ0n) is 8.83. The second-order valence-corrected chi connectivity index (χ2v) is 4.65. The van der Waals surface area contributed by atoms with Gasteiger partial charge in [0, 0.05) is 25.5 Å². The van der Waals surface area contributed by atoms with Gasteiger partial charge in [0.2, 0.25) is 0 Å². The van der Waals surface area contributed by atoms with Crippen LogP contribution >= 0.6 is 15.9 Å². The first-order valence-corrected chi connectivity index (χ1v) is 6.21. The molecular weight excluding hydrogens is 246 g/mol. The summed E-state index contributed by atoms with van der Waals surface area (Å²) >= 11 is 3.35. The van der Waals surface area contributed by atoms with E-state index in [1.165, 1.54) is 0 Å². The molecule has 1 aliphatic heterocycles. The fourth-order valence-electron chi connectivity index (χ4n) is 1.64. The standard InChI is InChI=1S/C10H18BrNO2/c1-8-4-7-14-9(8)10(13)12(2)6-3-5-11/h8-9H,3-7H2,1-2H3. The zero-order chi connectivity index (χ0) is 10.6. The fourth-order valence-corrected chi connectivity index (χ4v) is 1.89. The maximum absolute atomic E-state index is 11.8. The molecule has 1 amide bonds. The van der Waals surface area contributed by atoms with E-state index >= 15 is 0 Å². The number of hydrogen-bond acceptors (Lipinski definition) is 2. The van der Waals surface area contributed by atoms with E-state index in [2.05, 4.69) is 22.9 Å². The highest BCUT2D eigenvalue weighted by molar-refractivity contribution is 9.09. The van der Waals surface area contributed by atoms with E-state index in [0.717, 1.165) is 31.3 Å². The molecule has 2 atom stereocenters. The number of likely N-dealkylation sites (N-methyl/N-ethyl adjacent to an activating group) is 1. The number of carbonyl (C=O) groups excluding carboxylic acids is 1. The van der Waals surface area contributed by atoms with Gasteiger partial charge in [0.15, 0.2) is 0 Å². The Kier molecular flexibility index (Phi) is 4.89. The summed E-state index contributed by atoms with van der Waals surface area (Å²) in [5.41, 5.74) is 0. The molecule has 3 nitrogen and oxygen atoms in total. The maximum atomic E-state index is 11.8. The van der Waals surface area contributed by atoms with Gasteiger partial charge in [-0.3, -0.25) is 4.79 Å². The summed E-state index contributed by atoms with van der Waals surface area (Å²) in [6.07, 6.45) is 1.79. The number of ether oxygens (including phenoxy) is 1. The topological polar surface area (TPSA) is 29.5 Å². The molecule has 4 heteroatoms.